The minimum Gasteiger partial charge on any atom is -0.140 e. The van der Waals surface area contributed by atoms with Crippen LogP contribution in [0.1, 0.15) is 0 Å². The van der Waals surface area contributed by atoms with Crippen LogP contribution < -0.4 is 4.68 Å². The second-order valence-corrected chi connectivity index (χ2v) is 2.64. The Bertz CT molecular complexity index is 364. The van der Waals surface area contributed by atoms with Gasteiger partial charge in [-0.25, -0.2) is 0 Å². The lowest BCUT2D eigenvalue weighted by Crippen LogP contribution is -2.30. The number of nitrogens with zero attached hydrogens (tertiary/aromatic N) is 3. The molecule has 1 aromatic carbocycles. The van der Waals surface area contributed by atoms with E-state index in [-0.39, 0.29) is 0 Å². The first-order valence-corrected chi connectivity index (χ1v) is 3.83. The van der Waals surface area contributed by atoms with Crippen LogP contribution in [0.5, 0.6) is 0 Å². The van der Waals surface area contributed by atoms with E-state index in [1.807, 2.05) is 54.5 Å². The van der Waals surface area contributed by atoms with Crippen LogP contribution in [0.4, 0.5) is 0 Å². The van der Waals surface area contributed by atoms with Crippen molar-refractivity contribution in [3.8, 4) is 5.69 Å². The first-order chi connectivity index (χ1) is 5.86. The zero-order valence-electron chi connectivity index (χ0n) is 6.88. The number of hydrogen-bond donors (Lipinski definition) is 0. The number of para-hydroxylation sites is 1. The molecular weight excluding hydrogens is 150 g/mol. The summed E-state index contributed by atoms with van der Waals surface area (Å²) in [6.45, 7) is 0. The minimum absolute atomic E-state index is 1.08. The van der Waals surface area contributed by atoms with Crippen molar-refractivity contribution in [2.24, 2.45) is 7.05 Å². The Morgan fingerprint density at radius 2 is 2.00 bits per heavy atom. The van der Waals surface area contributed by atoms with E-state index in [4.69, 9.17) is 0 Å². The van der Waals surface area contributed by atoms with Gasteiger partial charge in [-0.3, -0.25) is 0 Å². The summed E-state index contributed by atoms with van der Waals surface area (Å²) >= 11 is 0. The molecule has 0 radical (unpaired) electrons. The number of aryl methyl sites for hydroxylation is 1. The molecule has 0 aliphatic carbocycles. The van der Waals surface area contributed by atoms with Crippen molar-refractivity contribution >= 4 is 0 Å². The number of aromatic nitrogens is 3. The second kappa shape index (κ2) is 2.77. The maximum atomic E-state index is 4.21. The van der Waals surface area contributed by atoms with Crippen molar-refractivity contribution in [1.29, 1.82) is 0 Å². The highest BCUT2D eigenvalue weighted by Crippen LogP contribution is 2.01. The van der Waals surface area contributed by atoms with Crippen LogP contribution in [0.3, 0.4) is 0 Å². The van der Waals surface area contributed by atoms with Gasteiger partial charge in [0.25, 0.3) is 0 Å². The van der Waals surface area contributed by atoms with Crippen LogP contribution in [0, 0.1) is 0 Å². The molecule has 2 rings (SSSR count). The Morgan fingerprint density at radius 3 is 2.58 bits per heavy atom. The molecule has 0 fully saturated rings. The van der Waals surface area contributed by atoms with Gasteiger partial charge in [0.2, 0.25) is 0 Å². The quantitative estimate of drug-likeness (QED) is 0.563. The van der Waals surface area contributed by atoms with E-state index in [1.165, 1.54) is 0 Å². The van der Waals surface area contributed by atoms with E-state index in [0.717, 1.165) is 5.69 Å². The Hall–Kier alpha value is -1.64. The van der Waals surface area contributed by atoms with Gasteiger partial charge in [0.15, 0.2) is 18.1 Å². The van der Waals surface area contributed by atoms with E-state index in [1.54, 1.807) is 4.68 Å². The molecule has 2 aromatic rings. The van der Waals surface area contributed by atoms with E-state index in [2.05, 4.69) is 5.21 Å². The van der Waals surface area contributed by atoms with Crippen molar-refractivity contribution in [1.82, 2.24) is 9.90 Å². The molecule has 0 aliphatic heterocycles. The van der Waals surface area contributed by atoms with Crippen LogP contribution >= 0.6 is 0 Å². The highest BCUT2D eigenvalue weighted by atomic mass is 15.5. The van der Waals surface area contributed by atoms with Crippen molar-refractivity contribution in [2.75, 3.05) is 0 Å². The number of benzene rings is 1. The second-order valence-electron chi connectivity index (χ2n) is 2.64. The van der Waals surface area contributed by atoms with Crippen molar-refractivity contribution in [3.63, 3.8) is 0 Å². The van der Waals surface area contributed by atoms with Gasteiger partial charge >= 0.3 is 0 Å². The molecule has 12 heavy (non-hydrogen) atoms. The molecule has 60 valence electrons. The average molecular weight is 160 g/mol. The summed E-state index contributed by atoms with van der Waals surface area (Å²) in [4.78, 5) is 0. The molecular formula is C9H10N3+. The average Bonchev–Trinajstić information content (AvgIpc) is 2.54. The van der Waals surface area contributed by atoms with Gasteiger partial charge in [-0.2, -0.15) is 0 Å². The smallest absolute Gasteiger partial charge is 0.140 e. The van der Waals surface area contributed by atoms with Gasteiger partial charge in [0, 0.05) is 0 Å². The van der Waals surface area contributed by atoms with Crippen LogP contribution in [-0.2, 0) is 7.05 Å². The summed E-state index contributed by atoms with van der Waals surface area (Å²) in [5, 5.41) is 4.21. The Balaban J connectivity index is 2.45. The third-order valence-corrected chi connectivity index (χ3v) is 1.68. The fourth-order valence-electron chi connectivity index (χ4n) is 1.09. The first kappa shape index (κ1) is 7.03. The summed E-state index contributed by atoms with van der Waals surface area (Å²) in [7, 11) is 1.90. The SMILES string of the molecule is C[n+]1ccn(-c2ccccc2)n1. The van der Waals surface area contributed by atoms with Crippen molar-refractivity contribution in [3.05, 3.63) is 42.7 Å². The molecule has 0 saturated carbocycles. The topological polar surface area (TPSA) is 21.7 Å². The Kier molecular flexibility index (Phi) is 1.63. The highest BCUT2D eigenvalue weighted by Gasteiger charge is 2.03. The van der Waals surface area contributed by atoms with Gasteiger partial charge in [-0.15, -0.1) is 9.36 Å². The van der Waals surface area contributed by atoms with Crippen LogP contribution in [0.15, 0.2) is 42.7 Å². The maximum Gasteiger partial charge on any atom is 0.161 e. The summed E-state index contributed by atoms with van der Waals surface area (Å²) in [6.07, 6.45) is 3.84. The third-order valence-electron chi connectivity index (χ3n) is 1.68. The number of hydrogen-bond acceptors (Lipinski definition) is 1. The summed E-state index contributed by atoms with van der Waals surface area (Å²) < 4.78 is 3.60. The summed E-state index contributed by atoms with van der Waals surface area (Å²) in [5.74, 6) is 0. The summed E-state index contributed by atoms with van der Waals surface area (Å²) in [6, 6.07) is 10.0. The van der Waals surface area contributed by atoms with E-state index < -0.39 is 0 Å². The van der Waals surface area contributed by atoms with Crippen molar-refractivity contribution < 1.29 is 4.68 Å². The van der Waals surface area contributed by atoms with Crippen LogP contribution in [-0.4, -0.2) is 9.90 Å². The third kappa shape index (κ3) is 1.21. The van der Waals surface area contributed by atoms with Gasteiger partial charge in [0.05, 0.1) is 5.21 Å². The highest BCUT2D eigenvalue weighted by molar-refractivity contribution is 5.28. The molecule has 0 atom stereocenters. The lowest BCUT2D eigenvalue weighted by Gasteiger charge is -1.89. The van der Waals surface area contributed by atoms with E-state index >= 15 is 0 Å². The molecule has 1 aromatic heterocycles. The first-order valence-electron chi connectivity index (χ1n) is 3.83. The molecule has 3 nitrogen and oxygen atoms in total. The van der Waals surface area contributed by atoms with Gasteiger partial charge in [-0.05, 0) is 12.1 Å². The molecule has 0 N–H and O–H groups in total. The fourth-order valence-corrected chi connectivity index (χ4v) is 1.09. The minimum atomic E-state index is 1.08. The Morgan fingerprint density at radius 1 is 1.25 bits per heavy atom. The molecule has 0 unspecified atom stereocenters. The van der Waals surface area contributed by atoms with E-state index in [9.17, 15) is 0 Å². The molecule has 1 heterocycles. The van der Waals surface area contributed by atoms with Gasteiger partial charge in [0.1, 0.15) is 7.05 Å². The molecule has 0 amide bonds. The maximum absolute atomic E-state index is 4.21. The predicted molar refractivity (Wildman–Crippen MR) is 44.7 cm³/mol. The zero-order valence-corrected chi connectivity index (χ0v) is 6.88. The standard InChI is InChI=1S/C9H10N3/c1-11-7-8-12(10-11)9-5-3-2-4-6-9/h2-8H,1H3/q+1. The number of rotatable bonds is 1. The van der Waals surface area contributed by atoms with Crippen LogP contribution in [0.25, 0.3) is 5.69 Å². The fraction of sp³-hybridized carbons (Fsp3) is 0.111. The van der Waals surface area contributed by atoms with Gasteiger partial charge < -0.3 is 0 Å². The lowest BCUT2D eigenvalue weighted by molar-refractivity contribution is -0.731. The zero-order chi connectivity index (χ0) is 8.39. The lowest BCUT2D eigenvalue weighted by atomic mass is 10.3. The largest absolute Gasteiger partial charge is 0.161 e. The van der Waals surface area contributed by atoms with Crippen LogP contribution in [0.2, 0.25) is 0 Å². The Labute approximate surface area is 70.9 Å². The molecule has 0 spiro atoms. The molecule has 0 aliphatic rings. The molecule has 0 saturated heterocycles. The normalized spacial score (nSPS) is 10.1. The van der Waals surface area contributed by atoms with Crippen molar-refractivity contribution in [2.45, 2.75) is 0 Å². The van der Waals surface area contributed by atoms with Gasteiger partial charge in [-0.1, -0.05) is 18.2 Å². The molecule has 0 bridgehead atoms. The van der Waals surface area contributed by atoms with E-state index in [0.29, 0.717) is 0 Å². The molecule has 3 heteroatoms. The predicted octanol–water partition coefficient (Wildman–Crippen LogP) is 0.697. The summed E-state index contributed by atoms with van der Waals surface area (Å²) in [5.41, 5.74) is 1.08. The monoisotopic (exact) mass is 160 g/mol.